The summed E-state index contributed by atoms with van der Waals surface area (Å²) in [7, 11) is 0. The van der Waals surface area contributed by atoms with Crippen molar-refractivity contribution in [1.82, 2.24) is 4.57 Å². The Morgan fingerprint density at radius 2 is 2.24 bits per heavy atom. The van der Waals surface area contributed by atoms with Crippen molar-refractivity contribution in [2.24, 2.45) is 5.92 Å². The van der Waals surface area contributed by atoms with Gasteiger partial charge in [0, 0.05) is 17.6 Å². The minimum absolute atomic E-state index is 0.875. The zero-order valence-electron chi connectivity index (χ0n) is 11.1. The van der Waals surface area contributed by atoms with Crippen LogP contribution in [0.25, 0.3) is 18.2 Å². The van der Waals surface area contributed by atoms with Gasteiger partial charge in [0.15, 0.2) is 0 Å². The molecule has 0 saturated heterocycles. The van der Waals surface area contributed by atoms with Gasteiger partial charge in [-0.25, -0.2) is 0 Å². The van der Waals surface area contributed by atoms with Gasteiger partial charge in [0.25, 0.3) is 0 Å². The molecule has 0 spiro atoms. The maximum Gasteiger partial charge on any atom is 0.0441 e. The van der Waals surface area contributed by atoms with E-state index in [2.05, 4.69) is 43.7 Å². The number of hydrogen-bond donors (Lipinski definition) is 0. The molecule has 1 aliphatic carbocycles. The number of unbranched alkanes of at least 4 members (excludes halogenated alkanes) is 1. The molecule has 1 aliphatic rings. The third kappa shape index (κ3) is 2.71. The summed E-state index contributed by atoms with van der Waals surface area (Å²) in [4.78, 5) is 0. The molecular formula is C16H23N. The Balaban J connectivity index is 2.42. The summed E-state index contributed by atoms with van der Waals surface area (Å²) in [5.41, 5.74) is 2.41. The Morgan fingerprint density at radius 3 is 2.76 bits per heavy atom. The van der Waals surface area contributed by atoms with Crippen LogP contribution < -0.4 is 10.6 Å². The number of allylic oxidation sites excluding steroid dienone is 1. The first kappa shape index (κ1) is 12.2. The van der Waals surface area contributed by atoms with Gasteiger partial charge in [-0.05, 0) is 49.0 Å². The third-order valence-electron chi connectivity index (χ3n) is 3.47. The van der Waals surface area contributed by atoms with Crippen LogP contribution in [0.1, 0.15) is 45.2 Å². The van der Waals surface area contributed by atoms with Crippen molar-refractivity contribution in [2.75, 3.05) is 0 Å². The monoisotopic (exact) mass is 229 g/mol. The molecule has 1 aromatic heterocycles. The van der Waals surface area contributed by atoms with E-state index in [9.17, 15) is 0 Å². The summed E-state index contributed by atoms with van der Waals surface area (Å²) in [6.45, 7) is 13.8. The van der Waals surface area contributed by atoms with Crippen LogP contribution >= 0.6 is 0 Å². The lowest BCUT2D eigenvalue weighted by Crippen LogP contribution is -2.28. The first-order valence-electron chi connectivity index (χ1n) is 6.68. The van der Waals surface area contributed by atoms with Gasteiger partial charge in [0.2, 0.25) is 0 Å². The van der Waals surface area contributed by atoms with Crippen LogP contribution in [0.2, 0.25) is 0 Å². The maximum absolute atomic E-state index is 4.25. The summed E-state index contributed by atoms with van der Waals surface area (Å²) in [6.07, 6.45) is 7.38. The average Bonchev–Trinajstić information content (AvgIpc) is 3.04. The number of nitrogens with zero attached hydrogens (tertiary/aromatic N) is 1. The molecule has 1 heterocycles. The molecule has 0 bridgehead atoms. The largest absolute Gasteiger partial charge is 0.341 e. The normalized spacial score (nSPS) is 16.5. The van der Waals surface area contributed by atoms with Crippen molar-refractivity contribution in [3.8, 4) is 0 Å². The maximum atomic E-state index is 4.25. The van der Waals surface area contributed by atoms with E-state index in [1.165, 1.54) is 35.5 Å². The molecule has 1 heteroatoms. The quantitative estimate of drug-likeness (QED) is 0.731. The summed E-state index contributed by atoms with van der Waals surface area (Å²) < 4.78 is 2.36. The van der Waals surface area contributed by atoms with E-state index < -0.39 is 0 Å². The minimum atomic E-state index is 0.875. The summed E-state index contributed by atoms with van der Waals surface area (Å²) >= 11 is 0. The van der Waals surface area contributed by atoms with Gasteiger partial charge in [-0.15, -0.1) is 0 Å². The van der Waals surface area contributed by atoms with Crippen molar-refractivity contribution >= 4 is 18.2 Å². The van der Waals surface area contributed by atoms with Crippen LogP contribution in [0.15, 0.2) is 12.6 Å². The predicted octanol–water partition coefficient (Wildman–Crippen LogP) is 2.92. The molecule has 1 aromatic rings. The molecule has 1 nitrogen and oxygen atoms in total. The Hall–Kier alpha value is -1.24. The third-order valence-corrected chi connectivity index (χ3v) is 3.47. The van der Waals surface area contributed by atoms with Gasteiger partial charge in [0.1, 0.15) is 0 Å². The molecular weight excluding hydrogens is 206 g/mol. The fourth-order valence-corrected chi connectivity index (χ4v) is 2.21. The van der Waals surface area contributed by atoms with E-state index in [4.69, 9.17) is 0 Å². The summed E-state index contributed by atoms with van der Waals surface area (Å²) in [5.74, 6) is 0.875. The predicted molar refractivity (Wildman–Crippen MR) is 76.0 cm³/mol. The molecule has 1 saturated carbocycles. The van der Waals surface area contributed by atoms with Gasteiger partial charge in [-0.3, -0.25) is 0 Å². The second-order valence-corrected chi connectivity index (χ2v) is 5.26. The fraction of sp³-hybridized carbons (Fsp3) is 0.500. The van der Waals surface area contributed by atoms with Crippen molar-refractivity contribution in [3.63, 3.8) is 0 Å². The Kier molecular flexibility index (Phi) is 3.56. The van der Waals surface area contributed by atoms with Crippen LogP contribution in [-0.2, 0) is 6.54 Å². The smallest absolute Gasteiger partial charge is 0.0441 e. The SMILES string of the molecule is C=C(C)c1c/c(=C/CCC)c(=C)n1CC1CC1. The molecule has 0 N–H and O–H groups in total. The molecule has 92 valence electrons. The summed E-state index contributed by atoms with van der Waals surface area (Å²) in [5, 5.41) is 2.47. The molecule has 17 heavy (non-hydrogen) atoms. The highest BCUT2D eigenvalue weighted by Crippen LogP contribution is 2.30. The van der Waals surface area contributed by atoms with Crippen LogP contribution in [0.4, 0.5) is 0 Å². The molecule has 0 atom stereocenters. The van der Waals surface area contributed by atoms with E-state index in [-0.39, 0.29) is 0 Å². The lowest BCUT2D eigenvalue weighted by Gasteiger charge is -2.08. The van der Waals surface area contributed by atoms with Crippen LogP contribution in [0.3, 0.4) is 0 Å². The van der Waals surface area contributed by atoms with E-state index in [0.717, 1.165) is 24.5 Å². The fourth-order valence-electron chi connectivity index (χ4n) is 2.21. The number of hydrogen-bond acceptors (Lipinski definition) is 0. The van der Waals surface area contributed by atoms with Crippen LogP contribution in [-0.4, -0.2) is 4.57 Å². The molecule has 0 aromatic carbocycles. The highest BCUT2D eigenvalue weighted by Gasteiger charge is 2.22. The van der Waals surface area contributed by atoms with Gasteiger partial charge < -0.3 is 4.57 Å². The van der Waals surface area contributed by atoms with Gasteiger partial charge in [-0.2, -0.15) is 0 Å². The van der Waals surface area contributed by atoms with Crippen molar-refractivity contribution in [3.05, 3.63) is 28.9 Å². The topological polar surface area (TPSA) is 4.93 Å². The molecule has 0 unspecified atom stereocenters. The zero-order chi connectivity index (χ0) is 12.4. The van der Waals surface area contributed by atoms with Gasteiger partial charge in [-0.1, -0.05) is 32.6 Å². The Labute approximate surface area is 104 Å². The van der Waals surface area contributed by atoms with E-state index >= 15 is 0 Å². The number of aromatic nitrogens is 1. The standard InChI is InChI=1S/C16H23N/c1-5-6-7-15-10-16(12(2)3)17(13(15)4)11-14-8-9-14/h7,10,14H,2,4-6,8-9,11H2,1,3H3/b15-7-. The first-order valence-corrected chi connectivity index (χ1v) is 6.68. The Bertz CT molecular complexity index is 514. The first-order chi connectivity index (χ1) is 8.13. The molecule has 0 radical (unpaired) electrons. The van der Waals surface area contributed by atoms with E-state index in [0.29, 0.717) is 0 Å². The van der Waals surface area contributed by atoms with Crippen molar-refractivity contribution in [1.29, 1.82) is 0 Å². The Morgan fingerprint density at radius 1 is 1.53 bits per heavy atom. The highest BCUT2D eigenvalue weighted by molar-refractivity contribution is 5.59. The summed E-state index contributed by atoms with van der Waals surface area (Å²) in [6, 6.07) is 2.25. The van der Waals surface area contributed by atoms with Crippen molar-refractivity contribution in [2.45, 2.75) is 46.1 Å². The molecule has 1 fully saturated rings. The van der Waals surface area contributed by atoms with Crippen molar-refractivity contribution < 1.29 is 0 Å². The molecule has 2 rings (SSSR count). The second kappa shape index (κ2) is 4.95. The van der Waals surface area contributed by atoms with E-state index in [1.807, 2.05) is 0 Å². The average molecular weight is 229 g/mol. The van der Waals surface area contributed by atoms with E-state index in [1.54, 1.807) is 0 Å². The number of rotatable bonds is 5. The van der Waals surface area contributed by atoms with Crippen LogP contribution in [0.5, 0.6) is 0 Å². The zero-order valence-corrected chi connectivity index (χ0v) is 11.1. The second-order valence-electron chi connectivity index (χ2n) is 5.26. The molecule has 0 amide bonds. The van der Waals surface area contributed by atoms with Gasteiger partial charge in [0.05, 0.1) is 0 Å². The lowest BCUT2D eigenvalue weighted by atomic mass is 10.2. The lowest BCUT2D eigenvalue weighted by molar-refractivity contribution is 0.611. The van der Waals surface area contributed by atoms with Crippen LogP contribution in [0, 0.1) is 5.92 Å². The van der Waals surface area contributed by atoms with Gasteiger partial charge >= 0.3 is 0 Å². The highest BCUT2D eigenvalue weighted by atomic mass is 15.0. The minimum Gasteiger partial charge on any atom is -0.341 e. The molecule has 0 aliphatic heterocycles.